The molecule has 1 aromatic carbocycles. The van der Waals surface area contributed by atoms with Crippen molar-refractivity contribution >= 4 is 49.2 Å². The van der Waals surface area contributed by atoms with Gasteiger partial charge in [0.1, 0.15) is 4.90 Å². The van der Waals surface area contributed by atoms with Gasteiger partial charge < -0.3 is 0 Å². The minimum absolute atomic E-state index is 0.0294. The predicted molar refractivity (Wildman–Crippen MR) is 86.0 cm³/mol. The summed E-state index contributed by atoms with van der Waals surface area (Å²) < 4.78 is 28.3. The predicted octanol–water partition coefficient (Wildman–Crippen LogP) is 4.76. The van der Waals surface area contributed by atoms with Crippen molar-refractivity contribution < 1.29 is 8.42 Å². The Morgan fingerprint density at radius 1 is 1.05 bits per heavy atom. The van der Waals surface area contributed by atoms with E-state index in [2.05, 4.69) is 20.7 Å². The highest BCUT2D eigenvalue weighted by Crippen LogP contribution is 2.33. The van der Waals surface area contributed by atoms with Crippen molar-refractivity contribution in [2.24, 2.45) is 0 Å². The van der Waals surface area contributed by atoms with Crippen molar-refractivity contribution in [2.45, 2.75) is 49.5 Å². The van der Waals surface area contributed by atoms with Crippen molar-refractivity contribution in [3.63, 3.8) is 0 Å². The maximum Gasteiger partial charge on any atom is 0.243 e. The van der Waals surface area contributed by atoms with E-state index in [-0.39, 0.29) is 21.0 Å². The van der Waals surface area contributed by atoms with Gasteiger partial charge in [-0.25, -0.2) is 13.1 Å². The molecule has 1 fully saturated rings. The van der Waals surface area contributed by atoms with Crippen LogP contribution in [0.4, 0.5) is 0 Å². The van der Waals surface area contributed by atoms with E-state index in [0.717, 1.165) is 38.5 Å². The second-order valence-electron chi connectivity index (χ2n) is 5.01. The molecule has 0 spiro atoms. The van der Waals surface area contributed by atoms with Crippen molar-refractivity contribution in [3.05, 3.63) is 26.7 Å². The van der Waals surface area contributed by atoms with Crippen LogP contribution < -0.4 is 4.72 Å². The second kappa shape index (κ2) is 6.97. The first kappa shape index (κ1) is 16.6. The fourth-order valence-corrected chi connectivity index (χ4v) is 5.70. The Balaban J connectivity index is 2.26. The molecule has 3 nitrogen and oxygen atoms in total. The number of halogens is 3. The Morgan fingerprint density at radius 3 is 2.05 bits per heavy atom. The lowest BCUT2D eigenvalue weighted by Gasteiger charge is -2.17. The topological polar surface area (TPSA) is 46.2 Å². The molecule has 1 aliphatic carbocycles. The summed E-state index contributed by atoms with van der Waals surface area (Å²) in [7, 11) is -3.69. The standard InChI is InChI=1S/C13H16BrCl2NO2S/c14-9-7-11(15)13(12(16)8-9)20(18,19)17-10-5-3-1-2-4-6-10/h7-8,10,17H,1-6H2. The number of rotatable bonds is 3. The molecule has 20 heavy (non-hydrogen) atoms. The average molecular weight is 401 g/mol. The SMILES string of the molecule is O=S(=O)(NC1CCCCCC1)c1c(Cl)cc(Br)cc1Cl. The number of benzene rings is 1. The fourth-order valence-electron chi connectivity index (χ4n) is 2.46. The molecule has 112 valence electrons. The third-order valence-electron chi connectivity index (χ3n) is 3.41. The fraction of sp³-hybridized carbons (Fsp3) is 0.538. The van der Waals surface area contributed by atoms with E-state index in [1.54, 1.807) is 0 Å². The van der Waals surface area contributed by atoms with Gasteiger partial charge in [-0.2, -0.15) is 0 Å². The van der Waals surface area contributed by atoms with E-state index < -0.39 is 10.0 Å². The Morgan fingerprint density at radius 2 is 1.55 bits per heavy atom. The van der Waals surface area contributed by atoms with Crippen molar-refractivity contribution in [1.82, 2.24) is 4.72 Å². The molecule has 1 N–H and O–H groups in total. The molecule has 1 aliphatic rings. The van der Waals surface area contributed by atoms with Crippen LogP contribution in [0.5, 0.6) is 0 Å². The summed E-state index contributed by atoms with van der Waals surface area (Å²) in [5, 5.41) is 0.260. The van der Waals surface area contributed by atoms with Gasteiger partial charge in [-0.05, 0) is 25.0 Å². The van der Waals surface area contributed by atoms with E-state index >= 15 is 0 Å². The lowest BCUT2D eigenvalue weighted by Crippen LogP contribution is -2.34. The van der Waals surface area contributed by atoms with Gasteiger partial charge in [0.05, 0.1) is 10.0 Å². The summed E-state index contributed by atoms with van der Waals surface area (Å²) in [6.45, 7) is 0. The van der Waals surface area contributed by atoms with E-state index in [1.807, 2.05) is 0 Å². The highest BCUT2D eigenvalue weighted by molar-refractivity contribution is 9.10. The maximum absolute atomic E-state index is 12.5. The lowest BCUT2D eigenvalue weighted by molar-refractivity contribution is 0.510. The largest absolute Gasteiger partial charge is 0.243 e. The molecule has 0 radical (unpaired) electrons. The molecular formula is C13H16BrCl2NO2S. The average Bonchev–Trinajstić information content (AvgIpc) is 2.54. The van der Waals surface area contributed by atoms with Crippen LogP contribution in [-0.4, -0.2) is 14.5 Å². The lowest BCUT2D eigenvalue weighted by atomic mass is 10.1. The Bertz CT molecular complexity index is 561. The van der Waals surface area contributed by atoms with Crippen LogP contribution in [-0.2, 0) is 10.0 Å². The molecular weight excluding hydrogens is 385 g/mol. The van der Waals surface area contributed by atoms with Crippen LogP contribution in [0.2, 0.25) is 10.0 Å². The molecule has 0 saturated heterocycles. The van der Waals surface area contributed by atoms with E-state index in [9.17, 15) is 8.42 Å². The van der Waals surface area contributed by atoms with Crippen LogP contribution in [0.25, 0.3) is 0 Å². The summed E-state index contributed by atoms with van der Waals surface area (Å²) in [4.78, 5) is -0.0340. The zero-order valence-corrected chi connectivity index (χ0v) is 14.7. The Hall–Kier alpha value is 0.190. The Kier molecular flexibility index (Phi) is 5.77. The monoisotopic (exact) mass is 399 g/mol. The summed E-state index contributed by atoms with van der Waals surface area (Å²) in [5.74, 6) is 0. The number of hydrogen-bond donors (Lipinski definition) is 1. The van der Waals surface area contributed by atoms with Crippen LogP contribution in [0, 0.1) is 0 Å². The first-order chi connectivity index (χ1) is 9.40. The van der Waals surface area contributed by atoms with E-state index in [0.29, 0.717) is 4.47 Å². The number of sulfonamides is 1. The highest BCUT2D eigenvalue weighted by Gasteiger charge is 2.26. The Labute approximate surface area is 138 Å². The quantitative estimate of drug-likeness (QED) is 0.743. The van der Waals surface area contributed by atoms with E-state index in [1.165, 1.54) is 12.1 Å². The third-order valence-corrected chi connectivity index (χ3v) is 6.31. The molecule has 0 bridgehead atoms. The van der Waals surface area contributed by atoms with Gasteiger partial charge in [0, 0.05) is 10.5 Å². The maximum atomic E-state index is 12.5. The van der Waals surface area contributed by atoms with Gasteiger partial charge >= 0.3 is 0 Å². The van der Waals surface area contributed by atoms with Gasteiger partial charge in [-0.1, -0.05) is 64.8 Å². The number of nitrogens with one attached hydrogen (secondary N) is 1. The third kappa shape index (κ3) is 4.10. The first-order valence-corrected chi connectivity index (χ1v) is 9.60. The second-order valence-corrected chi connectivity index (χ2v) is 8.39. The molecule has 1 aromatic rings. The molecule has 1 saturated carbocycles. The zero-order valence-electron chi connectivity index (χ0n) is 10.8. The summed E-state index contributed by atoms with van der Waals surface area (Å²) in [5.41, 5.74) is 0. The molecule has 0 aliphatic heterocycles. The molecule has 2 rings (SSSR count). The van der Waals surface area contributed by atoms with Crippen LogP contribution >= 0.6 is 39.1 Å². The van der Waals surface area contributed by atoms with Crippen molar-refractivity contribution in [3.8, 4) is 0 Å². The number of hydrogen-bond acceptors (Lipinski definition) is 2. The summed E-state index contributed by atoms with van der Waals surface area (Å²) in [6, 6.07) is 3.04. The van der Waals surface area contributed by atoms with Crippen molar-refractivity contribution in [2.75, 3.05) is 0 Å². The van der Waals surface area contributed by atoms with Gasteiger partial charge in [0.2, 0.25) is 10.0 Å². The van der Waals surface area contributed by atoms with Gasteiger partial charge in [0.15, 0.2) is 0 Å². The van der Waals surface area contributed by atoms with Crippen molar-refractivity contribution in [1.29, 1.82) is 0 Å². The van der Waals surface area contributed by atoms with Gasteiger partial charge in [0.25, 0.3) is 0 Å². The molecule has 0 heterocycles. The van der Waals surface area contributed by atoms with Gasteiger partial charge in [-0.15, -0.1) is 0 Å². The van der Waals surface area contributed by atoms with E-state index in [4.69, 9.17) is 23.2 Å². The van der Waals surface area contributed by atoms with Crippen LogP contribution in [0.15, 0.2) is 21.5 Å². The molecule has 0 atom stereocenters. The minimum Gasteiger partial charge on any atom is -0.208 e. The molecule has 0 amide bonds. The summed E-state index contributed by atoms with van der Waals surface area (Å²) in [6.07, 6.45) is 6.16. The highest BCUT2D eigenvalue weighted by atomic mass is 79.9. The normalized spacial score (nSPS) is 17.9. The smallest absolute Gasteiger partial charge is 0.208 e. The minimum atomic E-state index is -3.69. The van der Waals surface area contributed by atoms with Gasteiger partial charge in [-0.3, -0.25) is 0 Å². The first-order valence-electron chi connectivity index (χ1n) is 6.57. The van der Waals surface area contributed by atoms with Crippen LogP contribution in [0.1, 0.15) is 38.5 Å². The molecule has 0 unspecified atom stereocenters. The zero-order chi connectivity index (χ0) is 14.8. The summed E-state index contributed by atoms with van der Waals surface area (Å²) >= 11 is 15.3. The van der Waals surface area contributed by atoms with Crippen LogP contribution in [0.3, 0.4) is 0 Å². The molecule has 7 heteroatoms. The molecule has 0 aromatic heterocycles.